The van der Waals surface area contributed by atoms with Gasteiger partial charge in [-0.2, -0.15) is 0 Å². The molecule has 2 bridgehead atoms. The third-order valence-electron chi connectivity index (χ3n) is 4.58. The molecule has 0 unspecified atom stereocenters. The molecule has 4 rings (SSSR count). The maximum atomic E-state index is 12.4. The summed E-state index contributed by atoms with van der Waals surface area (Å²) in [5.41, 5.74) is 2.09. The number of piperidine rings is 1. The monoisotopic (exact) mass is 273 g/mol. The molecule has 3 saturated heterocycles. The van der Waals surface area contributed by atoms with E-state index < -0.39 is 0 Å². The second-order valence-electron chi connectivity index (χ2n) is 6.24. The number of nitrogens with zero attached hydrogens (tertiary/aromatic N) is 2. The number of benzene rings is 1. The minimum atomic E-state index is 0.0426. The van der Waals surface area contributed by atoms with Gasteiger partial charge in [-0.3, -0.25) is 0 Å². The van der Waals surface area contributed by atoms with Crippen LogP contribution >= 0.6 is 0 Å². The number of rotatable bonds is 1. The second kappa shape index (κ2) is 5.44. The highest BCUT2D eigenvalue weighted by Crippen LogP contribution is 2.27. The molecule has 4 nitrogen and oxygen atoms in total. The molecule has 2 atom stereocenters. The van der Waals surface area contributed by atoms with E-state index in [0.717, 1.165) is 25.3 Å². The smallest absolute Gasteiger partial charge is 0.321 e. The van der Waals surface area contributed by atoms with Gasteiger partial charge in [-0.15, -0.1) is 0 Å². The molecule has 0 spiro atoms. The van der Waals surface area contributed by atoms with Gasteiger partial charge in [0.25, 0.3) is 0 Å². The van der Waals surface area contributed by atoms with Gasteiger partial charge in [-0.1, -0.05) is 17.7 Å². The summed E-state index contributed by atoms with van der Waals surface area (Å²) >= 11 is 0. The topological polar surface area (TPSA) is 35.6 Å². The molecule has 0 aromatic heterocycles. The fraction of sp³-hybridized carbons (Fsp3) is 0.562. The summed E-state index contributed by atoms with van der Waals surface area (Å²) in [5, 5.41) is 3.02. The Balaban J connectivity index is 1.66. The fourth-order valence-corrected chi connectivity index (χ4v) is 3.32. The largest absolute Gasteiger partial charge is 0.323 e. The summed E-state index contributed by atoms with van der Waals surface area (Å²) in [7, 11) is 2.18. The van der Waals surface area contributed by atoms with Crippen molar-refractivity contribution in [2.24, 2.45) is 5.92 Å². The highest BCUT2D eigenvalue weighted by Gasteiger charge is 2.34. The van der Waals surface area contributed by atoms with E-state index in [2.05, 4.69) is 17.3 Å². The molecule has 108 valence electrons. The van der Waals surface area contributed by atoms with Crippen molar-refractivity contribution in [2.45, 2.75) is 25.8 Å². The Labute approximate surface area is 120 Å². The third kappa shape index (κ3) is 2.80. The third-order valence-corrected chi connectivity index (χ3v) is 4.58. The van der Waals surface area contributed by atoms with Crippen LogP contribution in [-0.2, 0) is 0 Å². The molecule has 4 heteroatoms. The van der Waals surface area contributed by atoms with E-state index in [1.54, 1.807) is 0 Å². The average molecular weight is 273 g/mol. The minimum absolute atomic E-state index is 0.0426. The van der Waals surface area contributed by atoms with E-state index in [4.69, 9.17) is 0 Å². The molecule has 3 fully saturated rings. The molecular formula is C16H23N3O. The number of carbonyl (C=O) groups is 1. The van der Waals surface area contributed by atoms with Gasteiger partial charge in [0.05, 0.1) is 0 Å². The first-order valence-electron chi connectivity index (χ1n) is 7.44. The fourth-order valence-electron chi connectivity index (χ4n) is 3.32. The van der Waals surface area contributed by atoms with E-state index in [1.807, 2.05) is 36.1 Å². The normalized spacial score (nSPS) is 26.4. The van der Waals surface area contributed by atoms with Gasteiger partial charge in [0, 0.05) is 31.4 Å². The van der Waals surface area contributed by atoms with Gasteiger partial charge in [0.15, 0.2) is 0 Å². The first-order chi connectivity index (χ1) is 9.61. The van der Waals surface area contributed by atoms with E-state index >= 15 is 0 Å². The molecule has 20 heavy (non-hydrogen) atoms. The van der Waals surface area contributed by atoms with Crippen LogP contribution in [0.4, 0.5) is 10.5 Å². The molecule has 3 heterocycles. The lowest BCUT2D eigenvalue weighted by Crippen LogP contribution is -2.42. The van der Waals surface area contributed by atoms with Crippen molar-refractivity contribution in [3.8, 4) is 0 Å². The molecule has 0 saturated carbocycles. The zero-order chi connectivity index (χ0) is 14.1. The minimum Gasteiger partial charge on any atom is -0.323 e. The number of hydrogen-bond acceptors (Lipinski definition) is 2. The lowest BCUT2D eigenvalue weighted by molar-refractivity contribution is 0.166. The van der Waals surface area contributed by atoms with Crippen molar-refractivity contribution in [3.63, 3.8) is 0 Å². The van der Waals surface area contributed by atoms with Crippen LogP contribution in [0.5, 0.6) is 0 Å². The van der Waals surface area contributed by atoms with Crippen molar-refractivity contribution in [1.29, 1.82) is 0 Å². The van der Waals surface area contributed by atoms with E-state index in [1.165, 1.54) is 18.4 Å². The van der Waals surface area contributed by atoms with Gasteiger partial charge >= 0.3 is 6.03 Å². The van der Waals surface area contributed by atoms with Crippen LogP contribution in [-0.4, -0.2) is 48.6 Å². The van der Waals surface area contributed by atoms with Crippen LogP contribution in [0.25, 0.3) is 0 Å². The van der Waals surface area contributed by atoms with Gasteiger partial charge in [0.2, 0.25) is 0 Å². The predicted molar refractivity (Wildman–Crippen MR) is 80.9 cm³/mol. The highest BCUT2D eigenvalue weighted by atomic mass is 16.2. The van der Waals surface area contributed by atoms with Gasteiger partial charge in [-0.25, -0.2) is 4.79 Å². The summed E-state index contributed by atoms with van der Waals surface area (Å²) in [6, 6.07) is 8.54. The van der Waals surface area contributed by atoms with E-state index in [-0.39, 0.29) is 6.03 Å². The summed E-state index contributed by atoms with van der Waals surface area (Å²) in [6.07, 6.45) is 2.47. The number of aryl methyl sites for hydroxylation is 1. The van der Waals surface area contributed by atoms with Crippen LogP contribution in [0, 0.1) is 12.8 Å². The average Bonchev–Trinajstić information content (AvgIpc) is 2.72. The van der Waals surface area contributed by atoms with Crippen LogP contribution in [0.2, 0.25) is 0 Å². The molecule has 1 aromatic rings. The molecule has 2 amide bonds. The van der Waals surface area contributed by atoms with Crippen molar-refractivity contribution >= 4 is 11.7 Å². The zero-order valence-corrected chi connectivity index (χ0v) is 12.3. The second-order valence-corrected chi connectivity index (χ2v) is 6.24. The lowest BCUT2D eigenvalue weighted by Gasteiger charge is -2.32. The number of hydrogen-bond donors (Lipinski definition) is 1. The standard InChI is InChI=1S/C16H23N3O/c1-12-3-6-14(7-4-12)17-16(20)19-10-13-5-8-15(11-19)18(2)9-13/h3-4,6-7,13,15H,5,8-11H2,1-2H3,(H,17,20)/t13-,15-/m1/s1. The van der Waals surface area contributed by atoms with E-state index in [9.17, 15) is 4.79 Å². The van der Waals surface area contributed by atoms with Crippen LogP contribution in [0.3, 0.4) is 0 Å². The SMILES string of the molecule is Cc1ccc(NC(=O)N2C[C@@H]3CC[C@H](C2)N(C)C3)cc1. The number of likely N-dealkylation sites (N-methyl/N-ethyl adjacent to an activating group) is 1. The first kappa shape index (κ1) is 13.4. The van der Waals surface area contributed by atoms with Gasteiger partial charge in [-0.05, 0) is 44.9 Å². The first-order valence-corrected chi connectivity index (χ1v) is 7.44. The highest BCUT2D eigenvalue weighted by molar-refractivity contribution is 5.89. The predicted octanol–water partition coefficient (Wildman–Crippen LogP) is 2.55. The summed E-state index contributed by atoms with van der Waals surface area (Å²) in [5.74, 6) is 0.627. The maximum Gasteiger partial charge on any atom is 0.321 e. The Morgan fingerprint density at radius 1 is 1.15 bits per heavy atom. The summed E-state index contributed by atoms with van der Waals surface area (Å²) in [6.45, 7) is 4.91. The van der Waals surface area contributed by atoms with Crippen LogP contribution in [0.1, 0.15) is 18.4 Å². The number of amides is 2. The number of carbonyl (C=O) groups excluding carboxylic acids is 1. The van der Waals surface area contributed by atoms with Gasteiger partial charge < -0.3 is 15.1 Å². The molecule has 1 aromatic carbocycles. The molecule has 1 N–H and O–H groups in total. The molecule has 3 aliphatic rings. The lowest BCUT2D eigenvalue weighted by atomic mass is 9.96. The summed E-state index contributed by atoms with van der Waals surface area (Å²) in [4.78, 5) is 16.8. The van der Waals surface area contributed by atoms with Crippen LogP contribution < -0.4 is 5.32 Å². The van der Waals surface area contributed by atoms with Crippen molar-refractivity contribution in [1.82, 2.24) is 9.80 Å². The zero-order valence-electron chi connectivity index (χ0n) is 12.3. The van der Waals surface area contributed by atoms with Crippen molar-refractivity contribution in [3.05, 3.63) is 29.8 Å². The number of nitrogens with one attached hydrogen (secondary N) is 1. The Morgan fingerprint density at radius 3 is 2.60 bits per heavy atom. The Kier molecular flexibility index (Phi) is 3.66. The Bertz CT molecular complexity index is 485. The maximum absolute atomic E-state index is 12.4. The Hall–Kier alpha value is -1.55. The molecular weight excluding hydrogens is 250 g/mol. The van der Waals surface area contributed by atoms with Crippen molar-refractivity contribution in [2.75, 3.05) is 32.0 Å². The number of anilines is 1. The molecule has 0 radical (unpaired) electrons. The van der Waals surface area contributed by atoms with Crippen LogP contribution in [0.15, 0.2) is 24.3 Å². The molecule has 0 aliphatic carbocycles. The molecule has 3 aliphatic heterocycles. The summed E-state index contributed by atoms with van der Waals surface area (Å²) < 4.78 is 0. The Morgan fingerprint density at radius 2 is 1.90 bits per heavy atom. The quantitative estimate of drug-likeness (QED) is 0.853. The number of fused-ring (bicyclic) bond motifs is 4. The van der Waals surface area contributed by atoms with Crippen molar-refractivity contribution < 1.29 is 4.79 Å². The van der Waals surface area contributed by atoms with E-state index in [0.29, 0.717) is 12.0 Å². The van der Waals surface area contributed by atoms with Gasteiger partial charge in [0.1, 0.15) is 0 Å². The number of urea groups is 1.